The van der Waals surface area contributed by atoms with Crippen LogP contribution in [0.15, 0.2) is 48.5 Å². The monoisotopic (exact) mass is 321 g/mol. The van der Waals surface area contributed by atoms with Crippen LogP contribution < -0.4 is 5.32 Å². The Balaban J connectivity index is 1.92. The maximum absolute atomic E-state index is 6.21. The van der Waals surface area contributed by atoms with Crippen molar-refractivity contribution in [2.75, 3.05) is 0 Å². The highest BCUT2D eigenvalue weighted by Crippen LogP contribution is 2.25. The molecule has 0 atom stereocenters. The van der Waals surface area contributed by atoms with E-state index >= 15 is 0 Å². The Kier molecular flexibility index (Phi) is 5.69. The van der Waals surface area contributed by atoms with Gasteiger partial charge >= 0.3 is 0 Å². The Bertz CT molecular complexity index is 559. The van der Waals surface area contributed by atoms with Gasteiger partial charge in [-0.25, -0.2) is 0 Å². The topological polar surface area (TPSA) is 12.0 Å². The quantitative estimate of drug-likeness (QED) is 0.741. The maximum atomic E-state index is 6.21. The molecule has 0 radical (unpaired) electrons. The fourth-order valence-electron chi connectivity index (χ4n) is 2.22. The molecule has 0 aromatic heterocycles. The maximum Gasteiger partial charge on any atom is 0.0465 e. The van der Waals surface area contributed by atoms with Crippen LogP contribution in [0.5, 0.6) is 0 Å². The van der Waals surface area contributed by atoms with Gasteiger partial charge in [-0.3, -0.25) is 0 Å². The summed E-state index contributed by atoms with van der Waals surface area (Å²) in [6.07, 6.45) is 2.11. The van der Waals surface area contributed by atoms with Crippen LogP contribution in [0.25, 0.3) is 0 Å². The van der Waals surface area contributed by atoms with Crippen LogP contribution in [-0.4, -0.2) is 5.54 Å². The third-order valence-electron chi connectivity index (χ3n) is 3.69. The molecule has 21 heavy (non-hydrogen) atoms. The van der Waals surface area contributed by atoms with Gasteiger partial charge in [-0.05, 0) is 44.4 Å². The highest BCUT2D eigenvalue weighted by molar-refractivity contribution is 6.35. The van der Waals surface area contributed by atoms with E-state index in [0.717, 1.165) is 18.4 Å². The van der Waals surface area contributed by atoms with E-state index in [9.17, 15) is 0 Å². The summed E-state index contributed by atoms with van der Waals surface area (Å²) < 4.78 is 0. The van der Waals surface area contributed by atoms with Crippen LogP contribution in [0.4, 0.5) is 0 Å². The van der Waals surface area contributed by atoms with Crippen molar-refractivity contribution >= 4 is 23.2 Å². The Morgan fingerprint density at radius 1 is 0.905 bits per heavy atom. The number of benzene rings is 2. The third kappa shape index (κ3) is 5.03. The molecule has 0 aliphatic heterocycles. The Labute approximate surface area is 137 Å². The molecule has 0 spiro atoms. The predicted octanol–water partition coefficient (Wildman–Crippen LogP) is 5.49. The summed E-state index contributed by atoms with van der Waals surface area (Å²) in [6, 6.07) is 16.2. The number of nitrogens with one attached hydrogen (secondary N) is 1. The molecular weight excluding hydrogens is 301 g/mol. The third-order valence-corrected chi connectivity index (χ3v) is 4.40. The van der Waals surface area contributed by atoms with Gasteiger partial charge < -0.3 is 5.32 Å². The zero-order valence-electron chi connectivity index (χ0n) is 12.5. The lowest BCUT2D eigenvalue weighted by atomic mass is 9.95. The van der Waals surface area contributed by atoms with Crippen LogP contribution in [0.2, 0.25) is 10.0 Å². The standard InChI is InChI=1S/C18H21Cl2N/c1-18(2,12-11-14-7-4-3-5-8-14)21-13-15-16(19)9-6-10-17(15)20/h3-10,21H,11-13H2,1-2H3. The van der Waals surface area contributed by atoms with Gasteiger partial charge in [0, 0.05) is 27.7 Å². The molecule has 1 nitrogen and oxygen atoms in total. The Morgan fingerprint density at radius 2 is 1.52 bits per heavy atom. The minimum absolute atomic E-state index is 0.0261. The second-order valence-electron chi connectivity index (χ2n) is 5.92. The Morgan fingerprint density at radius 3 is 2.14 bits per heavy atom. The van der Waals surface area contributed by atoms with Gasteiger partial charge in [0.05, 0.1) is 0 Å². The van der Waals surface area contributed by atoms with Gasteiger partial charge in [0.25, 0.3) is 0 Å². The van der Waals surface area contributed by atoms with Crippen molar-refractivity contribution in [1.29, 1.82) is 0 Å². The van der Waals surface area contributed by atoms with Crippen molar-refractivity contribution in [2.45, 2.75) is 38.8 Å². The molecule has 2 aromatic carbocycles. The van der Waals surface area contributed by atoms with Crippen LogP contribution in [0.1, 0.15) is 31.4 Å². The lowest BCUT2D eigenvalue weighted by molar-refractivity contribution is 0.360. The van der Waals surface area contributed by atoms with E-state index in [1.807, 2.05) is 24.3 Å². The fraction of sp³-hybridized carbons (Fsp3) is 0.333. The molecule has 1 N–H and O–H groups in total. The first-order valence-corrected chi connectivity index (χ1v) is 7.95. The summed E-state index contributed by atoms with van der Waals surface area (Å²) in [4.78, 5) is 0. The van der Waals surface area contributed by atoms with Crippen molar-refractivity contribution in [3.8, 4) is 0 Å². The van der Waals surface area contributed by atoms with Crippen LogP contribution in [0.3, 0.4) is 0 Å². The number of hydrogen-bond donors (Lipinski definition) is 1. The summed E-state index contributed by atoms with van der Waals surface area (Å²) in [5.41, 5.74) is 2.36. The van der Waals surface area contributed by atoms with Crippen molar-refractivity contribution in [3.05, 3.63) is 69.7 Å². The van der Waals surface area contributed by atoms with E-state index in [-0.39, 0.29) is 5.54 Å². The molecular formula is C18H21Cl2N. The number of hydrogen-bond acceptors (Lipinski definition) is 1. The van der Waals surface area contributed by atoms with E-state index in [1.54, 1.807) is 0 Å². The molecule has 0 aliphatic carbocycles. The summed E-state index contributed by atoms with van der Waals surface area (Å²) in [5.74, 6) is 0. The van der Waals surface area contributed by atoms with Gasteiger partial charge in [-0.1, -0.05) is 59.6 Å². The normalized spacial score (nSPS) is 11.6. The van der Waals surface area contributed by atoms with Crippen molar-refractivity contribution < 1.29 is 0 Å². The van der Waals surface area contributed by atoms with Gasteiger partial charge in [0.2, 0.25) is 0 Å². The van der Waals surface area contributed by atoms with Gasteiger partial charge in [-0.15, -0.1) is 0 Å². The van der Waals surface area contributed by atoms with Crippen molar-refractivity contribution in [1.82, 2.24) is 5.32 Å². The SMILES string of the molecule is CC(C)(CCc1ccccc1)NCc1c(Cl)cccc1Cl. The predicted molar refractivity (Wildman–Crippen MR) is 92.1 cm³/mol. The molecule has 2 aromatic rings. The highest BCUT2D eigenvalue weighted by Gasteiger charge is 2.18. The van der Waals surface area contributed by atoms with E-state index in [0.29, 0.717) is 16.6 Å². The molecule has 112 valence electrons. The smallest absolute Gasteiger partial charge is 0.0465 e. The molecule has 0 heterocycles. The summed E-state index contributed by atoms with van der Waals surface area (Å²) in [5, 5.41) is 4.99. The molecule has 2 rings (SSSR count). The lowest BCUT2D eigenvalue weighted by Gasteiger charge is -2.27. The zero-order chi connectivity index (χ0) is 15.3. The molecule has 0 amide bonds. The van der Waals surface area contributed by atoms with Crippen LogP contribution in [-0.2, 0) is 13.0 Å². The first-order chi connectivity index (χ1) is 9.98. The van der Waals surface area contributed by atoms with E-state index in [2.05, 4.69) is 43.4 Å². The highest BCUT2D eigenvalue weighted by atomic mass is 35.5. The minimum Gasteiger partial charge on any atom is -0.308 e. The molecule has 0 unspecified atom stereocenters. The van der Waals surface area contributed by atoms with E-state index < -0.39 is 0 Å². The minimum atomic E-state index is 0.0261. The molecule has 3 heteroatoms. The fourth-order valence-corrected chi connectivity index (χ4v) is 2.75. The number of halogens is 2. The van der Waals surface area contributed by atoms with E-state index in [4.69, 9.17) is 23.2 Å². The van der Waals surface area contributed by atoms with Crippen molar-refractivity contribution in [3.63, 3.8) is 0 Å². The van der Waals surface area contributed by atoms with Crippen LogP contribution >= 0.6 is 23.2 Å². The van der Waals surface area contributed by atoms with Gasteiger partial charge in [-0.2, -0.15) is 0 Å². The summed E-state index contributed by atoms with van der Waals surface area (Å²) in [6.45, 7) is 5.10. The van der Waals surface area contributed by atoms with E-state index in [1.165, 1.54) is 5.56 Å². The molecule has 0 saturated heterocycles. The average Bonchev–Trinajstić information content (AvgIpc) is 2.46. The first-order valence-electron chi connectivity index (χ1n) is 7.20. The van der Waals surface area contributed by atoms with Crippen LogP contribution in [0, 0.1) is 0 Å². The second kappa shape index (κ2) is 7.31. The first kappa shape index (κ1) is 16.4. The van der Waals surface area contributed by atoms with Crippen molar-refractivity contribution in [2.24, 2.45) is 0 Å². The summed E-state index contributed by atoms with van der Waals surface area (Å²) >= 11 is 12.4. The molecule has 0 aliphatic rings. The molecule has 0 fully saturated rings. The molecule has 0 saturated carbocycles. The largest absolute Gasteiger partial charge is 0.308 e. The number of aryl methyl sites for hydroxylation is 1. The zero-order valence-corrected chi connectivity index (χ0v) is 14.0. The lowest BCUT2D eigenvalue weighted by Crippen LogP contribution is -2.39. The van der Waals surface area contributed by atoms with Gasteiger partial charge in [0.1, 0.15) is 0 Å². The second-order valence-corrected chi connectivity index (χ2v) is 6.74. The average molecular weight is 322 g/mol. The summed E-state index contributed by atoms with van der Waals surface area (Å²) in [7, 11) is 0. The van der Waals surface area contributed by atoms with Gasteiger partial charge in [0.15, 0.2) is 0 Å². The molecule has 0 bridgehead atoms. The Hall–Kier alpha value is -1.02. The number of rotatable bonds is 6.